The topological polar surface area (TPSA) is 25.4 Å². The summed E-state index contributed by atoms with van der Waals surface area (Å²) in [5.74, 6) is 0.445. The largest absolute Gasteiger partial charge is 0.373 e. The van der Waals surface area contributed by atoms with Gasteiger partial charge >= 0.3 is 0 Å². The lowest BCUT2D eigenvalue weighted by Gasteiger charge is -2.32. The van der Waals surface area contributed by atoms with Gasteiger partial charge in [0.2, 0.25) is 0 Å². The van der Waals surface area contributed by atoms with Gasteiger partial charge in [0, 0.05) is 23.8 Å². The molecule has 2 heterocycles. The van der Waals surface area contributed by atoms with Crippen LogP contribution in [0, 0.1) is 5.82 Å². The Bertz CT molecular complexity index is 380. The summed E-state index contributed by atoms with van der Waals surface area (Å²) in [5, 5.41) is 0. The molecule has 88 valence electrons. The van der Waals surface area contributed by atoms with Gasteiger partial charge in [0.05, 0.1) is 18.6 Å². The van der Waals surface area contributed by atoms with Gasteiger partial charge in [-0.1, -0.05) is 0 Å². The van der Waals surface area contributed by atoms with Gasteiger partial charge in [-0.15, -0.1) is 11.6 Å². The fourth-order valence-electron chi connectivity index (χ4n) is 1.65. The number of rotatable bonds is 2. The Morgan fingerprint density at radius 1 is 1.69 bits per heavy atom. The zero-order valence-electron chi connectivity index (χ0n) is 8.50. The molecule has 16 heavy (non-hydrogen) atoms. The van der Waals surface area contributed by atoms with Crippen molar-refractivity contribution in [1.82, 2.24) is 4.98 Å². The number of hydrogen-bond donors (Lipinski definition) is 0. The third-order valence-electron chi connectivity index (χ3n) is 2.40. The van der Waals surface area contributed by atoms with Crippen molar-refractivity contribution in [3.63, 3.8) is 0 Å². The fourth-order valence-corrected chi connectivity index (χ4v) is 2.14. The highest BCUT2D eigenvalue weighted by Gasteiger charge is 2.22. The van der Waals surface area contributed by atoms with E-state index in [1.165, 1.54) is 6.07 Å². The van der Waals surface area contributed by atoms with E-state index in [0.29, 0.717) is 35.9 Å². The smallest absolute Gasteiger partial charge is 0.166 e. The van der Waals surface area contributed by atoms with E-state index in [2.05, 4.69) is 20.9 Å². The lowest BCUT2D eigenvalue weighted by molar-refractivity contribution is 0.0549. The molecule has 1 fully saturated rings. The van der Waals surface area contributed by atoms with Crippen LogP contribution >= 0.6 is 27.5 Å². The first-order valence-electron chi connectivity index (χ1n) is 4.94. The number of alkyl halides is 1. The van der Waals surface area contributed by atoms with Gasteiger partial charge in [0.25, 0.3) is 0 Å². The van der Waals surface area contributed by atoms with Crippen molar-refractivity contribution in [3.05, 3.63) is 22.6 Å². The molecule has 1 aromatic heterocycles. The van der Waals surface area contributed by atoms with Crippen LogP contribution in [0.4, 0.5) is 10.2 Å². The molecule has 0 bridgehead atoms. The Balaban J connectivity index is 2.16. The Kier molecular flexibility index (Phi) is 4.00. The molecule has 0 N–H and O–H groups in total. The van der Waals surface area contributed by atoms with Crippen LogP contribution in [0.3, 0.4) is 0 Å². The Hall–Kier alpha value is -0.390. The van der Waals surface area contributed by atoms with E-state index in [9.17, 15) is 4.39 Å². The van der Waals surface area contributed by atoms with Crippen molar-refractivity contribution in [2.45, 2.75) is 6.10 Å². The van der Waals surface area contributed by atoms with E-state index in [0.717, 1.165) is 0 Å². The van der Waals surface area contributed by atoms with E-state index >= 15 is 0 Å². The molecular weight excluding hydrogens is 298 g/mol. The fraction of sp³-hybridized carbons (Fsp3) is 0.500. The van der Waals surface area contributed by atoms with E-state index in [1.54, 1.807) is 6.20 Å². The first-order chi connectivity index (χ1) is 7.70. The Morgan fingerprint density at radius 3 is 3.19 bits per heavy atom. The Morgan fingerprint density at radius 2 is 2.50 bits per heavy atom. The summed E-state index contributed by atoms with van der Waals surface area (Å²) in [6.45, 7) is 1.77. The number of hydrogen-bond acceptors (Lipinski definition) is 3. The molecule has 2 rings (SSSR count). The molecule has 0 spiro atoms. The van der Waals surface area contributed by atoms with Crippen LogP contribution in [0.15, 0.2) is 16.7 Å². The summed E-state index contributed by atoms with van der Waals surface area (Å²) >= 11 is 8.90. The monoisotopic (exact) mass is 308 g/mol. The zero-order valence-corrected chi connectivity index (χ0v) is 10.8. The second-order valence-corrected chi connectivity index (χ2v) is 4.78. The van der Waals surface area contributed by atoms with Gasteiger partial charge in [-0.05, 0) is 22.0 Å². The molecule has 1 saturated heterocycles. The first-order valence-corrected chi connectivity index (χ1v) is 6.27. The zero-order chi connectivity index (χ0) is 11.5. The third-order valence-corrected chi connectivity index (χ3v) is 3.18. The maximum Gasteiger partial charge on any atom is 0.166 e. The molecule has 1 aliphatic heterocycles. The van der Waals surface area contributed by atoms with Crippen molar-refractivity contribution < 1.29 is 9.13 Å². The van der Waals surface area contributed by atoms with E-state index in [1.807, 2.05) is 4.90 Å². The highest BCUT2D eigenvalue weighted by atomic mass is 79.9. The maximum absolute atomic E-state index is 13.7. The molecule has 1 aliphatic rings. The second-order valence-electron chi connectivity index (χ2n) is 3.55. The quantitative estimate of drug-likeness (QED) is 0.785. The van der Waals surface area contributed by atoms with E-state index in [-0.39, 0.29) is 11.9 Å². The van der Waals surface area contributed by atoms with Gasteiger partial charge in [-0.25, -0.2) is 9.37 Å². The molecule has 1 unspecified atom stereocenters. The Labute approximate surface area is 107 Å². The van der Waals surface area contributed by atoms with Gasteiger partial charge in [-0.3, -0.25) is 0 Å². The summed E-state index contributed by atoms with van der Waals surface area (Å²) in [4.78, 5) is 5.94. The van der Waals surface area contributed by atoms with Gasteiger partial charge in [0.15, 0.2) is 11.6 Å². The van der Waals surface area contributed by atoms with E-state index in [4.69, 9.17) is 16.3 Å². The number of ether oxygens (including phenoxy) is 1. The molecule has 0 radical (unpaired) electrons. The summed E-state index contributed by atoms with van der Waals surface area (Å²) in [7, 11) is 0. The van der Waals surface area contributed by atoms with Gasteiger partial charge in [-0.2, -0.15) is 0 Å². The lowest BCUT2D eigenvalue weighted by atomic mass is 10.3. The standard InChI is InChI=1S/C10H11BrClFN2O/c11-7-3-9(13)10(14-5-7)15-1-2-16-8(4-12)6-15/h3,5,8H,1-2,4,6H2. The highest BCUT2D eigenvalue weighted by Crippen LogP contribution is 2.22. The van der Waals surface area contributed by atoms with Crippen LogP contribution < -0.4 is 4.90 Å². The SMILES string of the molecule is Fc1cc(Br)cnc1N1CCOC(CCl)C1. The third kappa shape index (κ3) is 2.64. The minimum absolute atomic E-state index is 0.0553. The summed E-state index contributed by atoms with van der Waals surface area (Å²) in [5.41, 5.74) is 0. The van der Waals surface area contributed by atoms with Crippen LogP contribution in [-0.2, 0) is 4.74 Å². The number of morpholine rings is 1. The van der Waals surface area contributed by atoms with Crippen molar-refractivity contribution >= 4 is 33.3 Å². The van der Waals surface area contributed by atoms with Crippen molar-refractivity contribution in [2.24, 2.45) is 0 Å². The average Bonchev–Trinajstić information content (AvgIpc) is 2.29. The highest BCUT2D eigenvalue weighted by molar-refractivity contribution is 9.10. The molecule has 1 aromatic rings. The number of nitrogens with zero attached hydrogens (tertiary/aromatic N) is 2. The van der Waals surface area contributed by atoms with Crippen LogP contribution in [0.1, 0.15) is 0 Å². The molecule has 0 amide bonds. The van der Waals surface area contributed by atoms with E-state index < -0.39 is 0 Å². The van der Waals surface area contributed by atoms with Crippen LogP contribution in [0.5, 0.6) is 0 Å². The number of anilines is 1. The average molecular weight is 310 g/mol. The number of aromatic nitrogens is 1. The molecule has 0 saturated carbocycles. The van der Waals surface area contributed by atoms with Crippen LogP contribution in [0.25, 0.3) is 0 Å². The number of halogens is 3. The normalized spacial score (nSPS) is 21.2. The van der Waals surface area contributed by atoms with Gasteiger partial charge < -0.3 is 9.64 Å². The number of pyridine rings is 1. The molecule has 0 aliphatic carbocycles. The van der Waals surface area contributed by atoms with Crippen molar-refractivity contribution in [3.8, 4) is 0 Å². The molecule has 6 heteroatoms. The van der Waals surface area contributed by atoms with Crippen LogP contribution in [-0.4, -0.2) is 36.7 Å². The predicted molar refractivity (Wildman–Crippen MR) is 64.6 cm³/mol. The molecule has 0 aromatic carbocycles. The molecule has 1 atom stereocenters. The summed E-state index contributed by atoms with van der Waals surface area (Å²) in [6, 6.07) is 1.41. The van der Waals surface area contributed by atoms with Crippen molar-refractivity contribution in [1.29, 1.82) is 0 Å². The minimum atomic E-state index is -0.329. The molecule has 3 nitrogen and oxygen atoms in total. The molecular formula is C10H11BrClFN2O. The predicted octanol–water partition coefficient (Wildman–Crippen LogP) is 2.43. The van der Waals surface area contributed by atoms with Crippen LogP contribution in [0.2, 0.25) is 0 Å². The van der Waals surface area contributed by atoms with Crippen molar-refractivity contribution in [2.75, 3.05) is 30.5 Å². The second kappa shape index (κ2) is 5.29. The summed E-state index contributed by atoms with van der Waals surface area (Å²) in [6.07, 6.45) is 1.53. The minimum Gasteiger partial charge on any atom is -0.373 e. The van der Waals surface area contributed by atoms with Gasteiger partial charge in [0.1, 0.15) is 0 Å². The summed E-state index contributed by atoms with van der Waals surface area (Å²) < 4.78 is 19.7. The maximum atomic E-state index is 13.7. The lowest BCUT2D eigenvalue weighted by Crippen LogP contribution is -2.44. The first kappa shape index (κ1) is 12.1.